The fourth-order valence-electron chi connectivity index (χ4n) is 4.37. The molecule has 2 atom stereocenters. The molecule has 1 saturated heterocycles. The summed E-state index contributed by atoms with van der Waals surface area (Å²) in [5.41, 5.74) is 5.67. The summed E-state index contributed by atoms with van der Waals surface area (Å²) in [6.07, 6.45) is 1.83. The zero-order valence-corrected chi connectivity index (χ0v) is 18.0. The summed E-state index contributed by atoms with van der Waals surface area (Å²) in [5.74, 6) is 0.799. The molecule has 0 bridgehead atoms. The summed E-state index contributed by atoms with van der Waals surface area (Å²) in [5, 5.41) is 4.20. The van der Waals surface area contributed by atoms with Crippen LogP contribution in [0.3, 0.4) is 0 Å². The number of aryl methyl sites for hydroxylation is 1. The highest BCUT2D eigenvalue weighted by atomic mass is 32.1. The largest absolute Gasteiger partial charge is 0.495 e. The molecule has 5 nitrogen and oxygen atoms in total. The van der Waals surface area contributed by atoms with Crippen molar-refractivity contribution in [3.63, 3.8) is 0 Å². The van der Waals surface area contributed by atoms with Crippen molar-refractivity contribution in [3.05, 3.63) is 77.4 Å². The van der Waals surface area contributed by atoms with Crippen LogP contribution >= 0.6 is 12.2 Å². The number of benzene rings is 1. The first-order valence-electron chi connectivity index (χ1n) is 9.87. The highest BCUT2D eigenvalue weighted by Crippen LogP contribution is 2.45. The summed E-state index contributed by atoms with van der Waals surface area (Å²) in [6, 6.07) is 16.2. The number of para-hydroxylation sites is 2. The number of ether oxygens (including phenoxy) is 1. The van der Waals surface area contributed by atoms with Gasteiger partial charge in [-0.15, -0.1) is 0 Å². The second-order valence-electron chi connectivity index (χ2n) is 7.24. The van der Waals surface area contributed by atoms with Crippen molar-refractivity contribution in [2.45, 2.75) is 39.4 Å². The number of hydrogen-bond acceptors (Lipinski definition) is 3. The molecule has 1 aliphatic rings. The van der Waals surface area contributed by atoms with Gasteiger partial charge in [-0.3, -0.25) is 4.98 Å². The highest BCUT2D eigenvalue weighted by Gasteiger charge is 2.43. The van der Waals surface area contributed by atoms with E-state index in [2.05, 4.69) is 58.7 Å². The molecule has 0 amide bonds. The van der Waals surface area contributed by atoms with Crippen molar-refractivity contribution in [2.24, 2.45) is 0 Å². The van der Waals surface area contributed by atoms with Crippen molar-refractivity contribution in [2.75, 3.05) is 12.0 Å². The second kappa shape index (κ2) is 7.87. The third-order valence-corrected chi connectivity index (χ3v) is 6.01. The molecule has 6 heteroatoms. The lowest BCUT2D eigenvalue weighted by Gasteiger charge is -2.29. The van der Waals surface area contributed by atoms with Crippen LogP contribution in [0.25, 0.3) is 0 Å². The molecule has 0 unspecified atom stereocenters. The Morgan fingerprint density at radius 2 is 1.90 bits per heavy atom. The van der Waals surface area contributed by atoms with E-state index in [-0.39, 0.29) is 12.1 Å². The van der Waals surface area contributed by atoms with Gasteiger partial charge in [0.15, 0.2) is 5.11 Å². The zero-order chi connectivity index (χ0) is 20.5. The number of nitrogens with zero attached hydrogens (tertiary/aromatic N) is 3. The van der Waals surface area contributed by atoms with Gasteiger partial charge in [-0.05, 0) is 68.9 Å². The van der Waals surface area contributed by atoms with Crippen LogP contribution in [0.1, 0.15) is 41.7 Å². The number of methoxy groups -OCH3 is 1. The van der Waals surface area contributed by atoms with E-state index in [1.807, 2.05) is 36.5 Å². The van der Waals surface area contributed by atoms with E-state index in [1.54, 1.807) is 7.11 Å². The van der Waals surface area contributed by atoms with Crippen LogP contribution in [0.5, 0.6) is 5.75 Å². The molecule has 0 radical (unpaired) electrons. The number of pyridine rings is 1. The van der Waals surface area contributed by atoms with Gasteiger partial charge >= 0.3 is 0 Å². The van der Waals surface area contributed by atoms with Crippen LogP contribution in [-0.4, -0.2) is 21.8 Å². The number of thiocarbonyl (C=S) groups is 1. The summed E-state index contributed by atoms with van der Waals surface area (Å²) < 4.78 is 8.00. The van der Waals surface area contributed by atoms with Gasteiger partial charge in [-0.25, -0.2) is 0 Å². The Labute approximate surface area is 177 Å². The number of rotatable bonds is 5. The van der Waals surface area contributed by atoms with Crippen LogP contribution in [0.2, 0.25) is 0 Å². The van der Waals surface area contributed by atoms with Crippen molar-refractivity contribution in [1.29, 1.82) is 0 Å². The fourth-order valence-corrected chi connectivity index (χ4v) is 4.71. The standard InChI is InChI=1S/C23H26N4OS/c1-5-26-15(2)14-17(16(26)3)22-21(18-10-8-9-13-24-18)25-23(29)27(22)19-11-6-7-12-20(19)28-4/h6-14,21-22H,5H2,1-4H3,(H,25,29)/t21-,22+/m0/s1. The van der Waals surface area contributed by atoms with Gasteiger partial charge in [0.1, 0.15) is 5.75 Å². The van der Waals surface area contributed by atoms with Crippen molar-refractivity contribution >= 4 is 23.0 Å². The minimum absolute atomic E-state index is 0.0276. The van der Waals surface area contributed by atoms with E-state index < -0.39 is 0 Å². The maximum Gasteiger partial charge on any atom is 0.174 e. The Balaban J connectivity index is 1.91. The van der Waals surface area contributed by atoms with Crippen molar-refractivity contribution in [3.8, 4) is 5.75 Å². The predicted octanol–water partition coefficient (Wildman–Crippen LogP) is 4.71. The first-order valence-corrected chi connectivity index (χ1v) is 10.3. The minimum atomic E-state index is -0.0561. The molecule has 150 valence electrons. The van der Waals surface area contributed by atoms with Crippen LogP contribution in [-0.2, 0) is 6.54 Å². The quantitative estimate of drug-likeness (QED) is 0.622. The maximum absolute atomic E-state index is 5.82. The normalized spacial score (nSPS) is 18.8. The Morgan fingerprint density at radius 3 is 2.55 bits per heavy atom. The topological polar surface area (TPSA) is 42.3 Å². The first kappa shape index (κ1) is 19.5. The van der Waals surface area contributed by atoms with E-state index in [0.717, 1.165) is 23.7 Å². The summed E-state index contributed by atoms with van der Waals surface area (Å²) in [4.78, 5) is 6.81. The van der Waals surface area contributed by atoms with Gasteiger partial charge in [0, 0.05) is 24.1 Å². The summed E-state index contributed by atoms with van der Waals surface area (Å²) in [6.45, 7) is 7.45. The smallest absolute Gasteiger partial charge is 0.174 e. The Hall–Kier alpha value is -2.86. The number of aromatic nitrogens is 2. The average molecular weight is 407 g/mol. The number of hydrogen-bond donors (Lipinski definition) is 1. The lowest BCUT2D eigenvalue weighted by molar-refractivity contribution is 0.414. The molecule has 1 N–H and O–H groups in total. The van der Waals surface area contributed by atoms with E-state index in [1.165, 1.54) is 17.0 Å². The summed E-state index contributed by atoms with van der Waals surface area (Å²) in [7, 11) is 1.69. The van der Waals surface area contributed by atoms with Crippen LogP contribution in [0.4, 0.5) is 5.69 Å². The van der Waals surface area contributed by atoms with E-state index >= 15 is 0 Å². The molecule has 1 aliphatic heterocycles. The highest BCUT2D eigenvalue weighted by molar-refractivity contribution is 7.80. The monoisotopic (exact) mass is 406 g/mol. The van der Waals surface area contributed by atoms with Crippen molar-refractivity contribution in [1.82, 2.24) is 14.9 Å². The molecule has 3 aromatic rings. The summed E-state index contributed by atoms with van der Waals surface area (Å²) >= 11 is 5.82. The number of anilines is 1. The third-order valence-electron chi connectivity index (χ3n) is 5.69. The molecule has 2 aromatic heterocycles. The van der Waals surface area contributed by atoms with E-state index in [9.17, 15) is 0 Å². The van der Waals surface area contributed by atoms with Crippen LogP contribution in [0, 0.1) is 13.8 Å². The lowest BCUT2D eigenvalue weighted by atomic mass is 9.96. The molecule has 0 spiro atoms. The Bertz CT molecular complexity index is 1030. The molecule has 1 aromatic carbocycles. The minimum Gasteiger partial charge on any atom is -0.495 e. The fraction of sp³-hybridized carbons (Fsp3) is 0.304. The Kier molecular flexibility index (Phi) is 5.28. The third kappa shape index (κ3) is 3.27. The molecule has 1 fully saturated rings. The van der Waals surface area contributed by atoms with Gasteiger partial charge in [0.25, 0.3) is 0 Å². The molecule has 29 heavy (non-hydrogen) atoms. The molecule has 0 saturated carbocycles. The maximum atomic E-state index is 5.82. The average Bonchev–Trinajstić information content (AvgIpc) is 3.23. The lowest BCUT2D eigenvalue weighted by Crippen LogP contribution is -2.30. The molecule has 0 aliphatic carbocycles. The second-order valence-corrected chi connectivity index (χ2v) is 7.63. The zero-order valence-electron chi connectivity index (χ0n) is 17.2. The van der Waals surface area contributed by atoms with Gasteiger partial charge in [-0.1, -0.05) is 18.2 Å². The number of nitrogens with one attached hydrogen (secondary N) is 1. The molecule has 3 heterocycles. The first-order chi connectivity index (χ1) is 14.1. The van der Waals surface area contributed by atoms with E-state index in [0.29, 0.717) is 5.11 Å². The van der Waals surface area contributed by atoms with Gasteiger partial charge in [0.2, 0.25) is 0 Å². The van der Waals surface area contributed by atoms with Crippen molar-refractivity contribution < 1.29 is 4.74 Å². The molecular weight excluding hydrogens is 380 g/mol. The van der Waals surface area contributed by atoms with Crippen LogP contribution in [0.15, 0.2) is 54.7 Å². The van der Waals surface area contributed by atoms with Gasteiger partial charge < -0.3 is 19.5 Å². The van der Waals surface area contributed by atoms with Gasteiger partial charge in [0.05, 0.1) is 30.6 Å². The van der Waals surface area contributed by atoms with E-state index in [4.69, 9.17) is 17.0 Å². The Morgan fingerprint density at radius 1 is 1.14 bits per heavy atom. The molecule has 4 rings (SSSR count). The van der Waals surface area contributed by atoms with Gasteiger partial charge in [-0.2, -0.15) is 0 Å². The molecular formula is C23H26N4OS. The SMILES string of the molecule is CCn1c(C)cc([C@@H]2[C@H](c3ccccn3)NC(=S)N2c2ccccc2OC)c1C. The predicted molar refractivity (Wildman–Crippen MR) is 121 cm³/mol. The van der Waals surface area contributed by atoms with Crippen LogP contribution < -0.4 is 15.0 Å².